The van der Waals surface area contributed by atoms with E-state index in [0.717, 1.165) is 69.8 Å². The molecule has 2 aliphatic heterocycles. The largest absolute Gasteiger partial charge is 0.494 e. The number of ether oxygens (including phenoxy) is 1. The van der Waals surface area contributed by atoms with Crippen molar-refractivity contribution in [3.05, 3.63) is 51.7 Å². The molecule has 2 aromatic rings. The van der Waals surface area contributed by atoms with E-state index in [9.17, 15) is 4.79 Å². The zero-order valence-corrected chi connectivity index (χ0v) is 17.5. The first-order valence-electron chi connectivity index (χ1n) is 10.6. The minimum absolute atomic E-state index is 0.150. The number of fused-ring (bicyclic) bond motifs is 1. The Hall–Kier alpha value is -1.85. The number of rotatable bonds is 6. The normalized spacial score (nSPS) is 18.1. The number of likely N-dealkylation sites (tertiary alicyclic amines) is 1. The third-order valence-electron chi connectivity index (χ3n) is 5.97. The fourth-order valence-corrected chi connectivity index (χ4v) is 5.12. The monoisotopic (exact) mass is 398 g/mol. The molecule has 1 aromatic heterocycles. The summed E-state index contributed by atoms with van der Waals surface area (Å²) < 4.78 is 5.70. The molecule has 28 heavy (non-hydrogen) atoms. The molecule has 0 bridgehead atoms. The Morgan fingerprint density at radius 1 is 1.14 bits per heavy atom. The van der Waals surface area contributed by atoms with Gasteiger partial charge < -0.3 is 9.64 Å². The molecule has 0 saturated carbocycles. The Morgan fingerprint density at radius 2 is 1.93 bits per heavy atom. The fraction of sp³-hybridized carbons (Fsp3) is 0.522. The highest BCUT2D eigenvalue weighted by Gasteiger charge is 2.29. The first kappa shape index (κ1) is 19.5. The molecule has 1 saturated heterocycles. The summed E-state index contributed by atoms with van der Waals surface area (Å²) in [5, 5.41) is 2.22. The van der Waals surface area contributed by atoms with Crippen LogP contribution in [-0.2, 0) is 13.0 Å². The molecule has 0 aliphatic carbocycles. The van der Waals surface area contributed by atoms with Crippen molar-refractivity contribution in [2.24, 2.45) is 0 Å². The lowest BCUT2D eigenvalue weighted by atomic mass is 9.99. The van der Waals surface area contributed by atoms with Gasteiger partial charge in [0.25, 0.3) is 5.91 Å². The highest BCUT2D eigenvalue weighted by atomic mass is 32.1. The maximum atomic E-state index is 12.9. The smallest absolute Gasteiger partial charge is 0.253 e. The van der Waals surface area contributed by atoms with E-state index in [0.29, 0.717) is 6.04 Å². The molecule has 3 heterocycles. The quantitative estimate of drug-likeness (QED) is 0.667. The lowest BCUT2D eigenvalue weighted by molar-refractivity contribution is 0.0600. The highest BCUT2D eigenvalue weighted by Crippen LogP contribution is 2.28. The van der Waals surface area contributed by atoms with E-state index >= 15 is 0 Å². The number of piperidine rings is 1. The van der Waals surface area contributed by atoms with Gasteiger partial charge in [-0.3, -0.25) is 9.69 Å². The predicted octanol–water partition coefficient (Wildman–Crippen LogP) is 4.59. The maximum absolute atomic E-state index is 12.9. The first-order valence-corrected chi connectivity index (χ1v) is 11.4. The van der Waals surface area contributed by atoms with E-state index in [1.54, 1.807) is 4.88 Å². The molecular weight excluding hydrogens is 368 g/mol. The Labute approximate surface area is 172 Å². The predicted molar refractivity (Wildman–Crippen MR) is 114 cm³/mol. The van der Waals surface area contributed by atoms with Gasteiger partial charge in [-0.25, -0.2) is 0 Å². The fourth-order valence-electron chi connectivity index (χ4n) is 4.23. The number of amides is 1. The second-order valence-corrected chi connectivity index (χ2v) is 8.84. The summed E-state index contributed by atoms with van der Waals surface area (Å²) in [5.74, 6) is 0.999. The summed E-state index contributed by atoms with van der Waals surface area (Å²) >= 11 is 1.89. The van der Waals surface area contributed by atoms with Gasteiger partial charge in [0.05, 0.1) is 6.61 Å². The van der Waals surface area contributed by atoms with Crippen LogP contribution in [0.1, 0.15) is 53.4 Å². The van der Waals surface area contributed by atoms with Crippen LogP contribution in [0.5, 0.6) is 5.75 Å². The summed E-state index contributed by atoms with van der Waals surface area (Å²) in [7, 11) is 0. The lowest BCUT2D eigenvalue weighted by Gasteiger charge is -2.40. The first-order chi connectivity index (χ1) is 13.7. The zero-order valence-electron chi connectivity index (χ0n) is 16.7. The number of carbonyl (C=O) groups is 1. The number of hydrogen-bond acceptors (Lipinski definition) is 4. The second kappa shape index (κ2) is 9.10. The van der Waals surface area contributed by atoms with Gasteiger partial charge in [0.15, 0.2) is 0 Å². The van der Waals surface area contributed by atoms with Crippen molar-refractivity contribution in [3.8, 4) is 5.75 Å². The van der Waals surface area contributed by atoms with Crippen molar-refractivity contribution < 1.29 is 9.53 Å². The van der Waals surface area contributed by atoms with E-state index in [-0.39, 0.29) is 5.91 Å². The molecule has 0 radical (unpaired) electrons. The second-order valence-electron chi connectivity index (χ2n) is 7.84. The number of thiophene rings is 1. The van der Waals surface area contributed by atoms with Crippen molar-refractivity contribution in [1.29, 1.82) is 0 Å². The number of carbonyl (C=O) groups excluding carboxylic acids is 1. The van der Waals surface area contributed by atoms with Gasteiger partial charge >= 0.3 is 0 Å². The summed E-state index contributed by atoms with van der Waals surface area (Å²) in [5.41, 5.74) is 2.28. The van der Waals surface area contributed by atoms with Crippen LogP contribution >= 0.6 is 11.3 Å². The van der Waals surface area contributed by atoms with Gasteiger partial charge in [-0.15, -0.1) is 11.3 Å². The van der Waals surface area contributed by atoms with Crippen molar-refractivity contribution in [2.45, 2.75) is 51.6 Å². The average Bonchev–Trinajstić information content (AvgIpc) is 3.22. The molecule has 1 amide bonds. The summed E-state index contributed by atoms with van der Waals surface area (Å²) in [6.45, 7) is 6.83. The molecule has 1 fully saturated rings. The molecule has 0 N–H and O–H groups in total. The van der Waals surface area contributed by atoms with E-state index < -0.39 is 0 Å². The Bertz CT molecular complexity index is 778. The molecule has 4 rings (SSSR count). The van der Waals surface area contributed by atoms with Crippen LogP contribution in [0.25, 0.3) is 0 Å². The third-order valence-corrected chi connectivity index (χ3v) is 7.00. The van der Waals surface area contributed by atoms with Gasteiger partial charge in [-0.05, 0) is 67.0 Å². The molecule has 5 heteroatoms. The lowest BCUT2D eigenvalue weighted by Crippen LogP contribution is -2.47. The minimum Gasteiger partial charge on any atom is -0.494 e. The Balaban J connectivity index is 1.28. The van der Waals surface area contributed by atoms with Crippen LogP contribution in [0.15, 0.2) is 35.7 Å². The van der Waals surface area contributed by atoms with Gasteiger partial charge in [-0.2, -0.15) is 0 Å². The van der Waals surface area contributed by atoms with E-state index in [2.05, 4.69) is 23.3 Å². The van der Waals surface area contributed by atoms with Gasteiger partial charge in [0.1, 0.15) is 5.75 Å². The van der Waals surface area contributed by atoms with Gasteiger partial charge in [-0.1, -0.05) is 13.3 Å². The average molecular weight is 399 g/mol. The number of nitrogens with zero attached hydrogens (tertiary/aromatic N) is 2. The summed E-state index contributed by atoms with van der Waals surface area (Å²) in [6.07, 6.45) is 5.50. The van der Waals surface area contributed by atoms with Gasteiger partial charge in [0, 0.05) is 42.7 Å². The number of unbranched alkanes of at least 4 members (excludes halogenated alkanes) is 1. The molecule has 0 unspecified atom stereocenters. The van der Waals surface area contributed by atoms with Crippen molar-refractivity contribution in [1.82, 2.24) is 9.80 Å². The maximum Gasteiger partial charge on any atom is 0.253 e. The molecule has 1 aromatic carbocycles. The minimum atomic E-state index is 0.150. The SMILES string of the molecule is CCCCOc1ccc(C(=O)N2CCC(N3CCc4sccc4C3)CC2)cc1. The van der Waals surface area contributed by atoms with Crippen molar-refractivity contribution >= 4 is 17.2 Å². The van der Waals surface area contributed by atoms with Crippen LogP contribution in [0.3, 0.4) is 0 Å². The summed E-state index contributed by atoms with van der Waals surface area (Å²) in [6, 6.07) is 10.5. The molecule has 4 nitrogen and oxygen atoms in total. The van der Waals surface area contributed by atoms with Crippen molar-refractivity contribution in [2.75, 3.05) is 26.2 Å². The third kappa shape index (κ3) is 4.41. The molecular formula is C23H30N2O2S. The summed E-state index contributed by atoms with van der Waals surface area (Å²) in [4.78, 5) is 19.1. The number of benzene rings is 1. The standard InChI is InChI=1S/C23H30N2O2S/c1-2-3-15-27-21-6-4-18(5-7-21)23(26)24-12-8-20(9-13-24)25-14-10-22-19(17-25)11-16-28-22/h4-7,11,16,20H,2-3,8-10,12-15,17H2,1H3. The molecule has 150 valence electrons. The Morgan fingerprint density at radius 3 is 2.68 bits per heavy atom. The van der Waals surface area contributed by atoms with E-state index in [4.69, 9.17) is 4.74 Å². The van der Waals surface area contributed by atoms with Gasteiger partial charge in [0.2, 0.25) is 0 Å². The van der Waals surface area contributed by atoms with Crippen LogP contribution in [-0.4, -0.2) is 48.0 Å². The van der Waals surface area contributed by atoms with Crippen LogP contribution in [0.2, 0.25) is 0 Å². The highest BCUT2D eigenvalue weighted by molar-refractivity contribution is 7.10. The van der Waals surface area contributed by atoms with Crippen LogP contribution < -0.4 is 4.74 Å². The number of hydrogen-bond donors (Lipinski definition) is 0. The molecule has 0 atom stereocenters. The van der Waals surface area contributed by atoms with E-state index in [1.807, 2.05) is 40.5 Å². The van der Waals surface area contributed by atoms with Crippen LogP contribution in [0, 0.1) is 0 Å². The van der Waals surface area contributed by atoms with Crippen molar-refractivity contribution in [3.63, 3.8) is 0 Å². The van der Waals surface area contributed by atoms with Crippen LogP contribution in [0.4, 0.5) is 0 Å². The zero-order chi connectivity index (χ0) is 19.3. The molecule has 2 aliphatic rings. The van der Waals surface area contributed by atoms with E-state index in [1.165, 1.54) is 12.0 Å². The Kier molecular flexibility index (Phi) is 6.33. The topological polar surface area (TPSA) is 32.8 Å². The molecule has 0 spiro atoms.